The van der Waals surface area contributed by atoms with Crippen molar-refractivity contribution in [2.24, 2.45) is 0 Å². The van der Waals surface area contributed by atoms with E-state index in [1.807, 2.05) is 0 Å². The number of nitrogens with one attached hydrogen (secondary N) is 1. The Morgan fingerprint density at radius 2 is 1.69 bits per heavy atom. The van der Waals surface area contributed by atoms with Gasteiger partial charge in [0.05, 0.1) is 37.5 Å². The van der Waals surface area contributed by atoms with Crippen molar-refractivity contribution < 1.29 is 28.5 Å². The molecule has 184 valence electrons. The van der Waals surface area contributed by atoms with Gasteiger partial charge in [0.2, 0.25) is 11.6 Å². The van der Waals surface area contributed by atoms with Crippen molar-refractivity contribution in [3.63, 3.8) is 0 Å². The summed E-state index contributed by atoms with van der Waals surface area (Å²) in [5.74, 6) is 1.31. The van der Waals surface area contributed by atoms with Crippen LogP contribution in [0.5, 0.6) is 17.2 Å². The third-order valence-corrected chi connectivity index (χ3v) is 5.41. The number of nitro groups is 1. The number of carbonyl (C=O) groups excluding carboxylic acids is 1. The van der Waals surface area contributed by atoms with Crippen LogP contribution in [0.1, 0.15) is 15.9 Å². The number of nitrogens with zero attached hydrogens (tertiary/aromatic N) is 3. The quantitative estimate of drug-likeness (QED) is 0.270. The average Bonchev–Trinajstić information content (AvgIpc) is 3.38. The molecule has 0 bridgehead atoms. The summed E-state index contributed by atoms with van der Waals surface area (Å²) >= 11 is 0. The molecule has 11 nitrogen and oxygen atoms in total. The molecule has 0 spiro atoms. The number of amides is 1. The zero-order chi connectivity index (χ0) is 25.8. The fraction of sp³-hybridized carbons (Fsp3) is 0.160. The zero-order valence-electron chi connectivity index (χ0n) is 19.9. The number of rotatable bonds is 8. The Bertz CT molecular complexity index is 1420. The Morgan fingerprint density at radius 1 is 1.00 bits per heavy atom. The van der Waals surface area contributed by atoms with Crippen LogP contribution in [0.4, 0.5) is 11.4 Å². The zero-order valence-corrected chi connectivity index (χ0v) is 19.9. The molecule has 4 aromatic rings. The largest absolute Gasteiger partial charge is 0.493 e. The molecule has 0 saturated heterocycles. The van der Waals surface area contributed by atoms with Crippen LogP contribution in [0, 0.1) is 17.0 Å². The van der Waals surface area contributed by atoms with Gasteiger partial charge in [-0.05, 0) is 43.3 Å². The summed E-state index contributed by atoms with van der Waals surface area (Å²) < 4.78 is 21.6. The van der Waals surface area contributed by atoms with Gasteiger partial charge in [-0.15, -0.1) is 0 Å². The van der Waals surface area contributed by atoms with E-state index in [2.05, 4.69) is 15.5 Å². The van der Waals surface area contributed by atoms with E-state index >= 15 is 0 Å². The molecule has 0 saturated carbocycles. The molecule has 0 atom stereocenters. The van der Waals surface area contributed by atoms with Gasteiger partial charge < -0.3 is 24.1 Å². The maximum absolute atomic E-state index is 12.9. The first-order valence-corrected chi connectivity index (χ1v) is 10.7. The van der Waals surface area contributed by atoms with Gasteiger partial charge in [0.25, 0.3) is 17.5 Å². The molecule has 3 aromatic carbocycles. The van der Waals surface area contributed by atoms with E-state index in [1.165, 1.54) is 39.5 Å². The van der Waals surface area contributed by atoms with Crippen LogP contribution in [0.3, 0.4) is 0 Å². The lowest BCUT2D eigenvalue weighted by Gasteiger charge is -2.12. The molecule has 36 heavy (non-hydrogen) atoms. The van der Waals surface area contributed by atoms with Crippen LogP contribution < -0.4 is 19.5 Å². The van der Waals surface area contributed by atoms with Crippen molar-refractivity contribution >= 4 is 17.3 Å². The number of hydrogen-bond donors (Lipinski definition) is 1. The van der Waals surface area contributed by atoms with E-state index in [9.17, 15) is 14.9 Å². The summed E-state index contributed by atoms with van der Waals surface area (Å²) in [6, 6.07) is 14.5. The van der Waals surface area contributed by atoms with Crippen molar-refractivity contribution in [1.82, 2.24) is 10.1 Å². The Kier molecular flexibility index (Phi) is 6.81. The van der Waals surface area contributed by atoms with Gasteiger partial charge in [-0.3, -0.25) is 14.9 Å². The lowest BCUT2D eigenvalue weighted by molar-refractivity contribution is -0.385. The number of carbonyl (C=O) groups is 1. The third kappa shape index (κ3) is 4.67. The van der Waals surface area contributed by atoms with Crippen LogP contribution in [-0.4, -0.2) is 42.3 Å². The summed E-state index contributed by atoms with van der Waals surface area (Å²) in [5.41, 5.74) is 2.10. The number of methoxy groups -OCH3 is 3. The third-order valence-electron chi connectivity index (χ3n) is 5.41. The molecule has 1 N–H and O–H groups in total. The summed E-state index contributed by atoms with van der Waals surface area (Å²) in [7, 11) is 4.53. The molecular weight excluding hydrogens is 468 g/mol. The summed E-state index contributed by atoms with van der Waals surface area (Å²) in [6.45, 7) is 1.58. The van der Waals surface area contributed by atoms with E-state index in [4.69, 9.17) is 18.7 Å². The SMILES string of the molecule is COc1cc(-c2noc(-c3ccccc3NC(=O)c3ccc([N+](=O)[O-])c(C)c3)n2)cc(OC)c1OC. The van der Waals surface area contributed by atoms with Crippen LogP contribution >= 0.6 is 0 Å². The van der Waals surface area contributed by atoms with E-state index < -0.39 is 10.8 Å². The minimum absolute atomic E-state index is 0.0582. The molecule has 4 rings (SSSR count). The fourth-order valence-corrected chi connectivity index (χ4v) is 3.63. The average molecular weight is 490 g/mol. The Hall–Kier alpha value is -4.93. The van der Waals surface area contributed by atoms with Gasteiger partial charge in [-0.25, -0.2) is 0 Å². The first-order chi connectivity index (χ1) is 17.4. The maximum atomic E-state index is 12.9. The highest BCUT2D eigenvalue weighted by molar-refractivity contribution is 6.06. The van der Waals surface area contributed by atoms with Gasteiger partial charge in [0, 0.05) is 22.8 Å². The van der Waals surface area contributed by atoms with Crippen molar-refractivity contribution in [1.29, 1.82) is 0 Å². The van der Waals surface area contributed by atoms with Gasteiger partial charge in [0.15, 0.2) is 11.5 Å². The topological polar surface area (TPSA) is 139 Å². The maximum Gasteiger partial charge on any atom is 0.272 e. The Balaban J connectivity index is 1.65. The molecule has 1 aromatic heterocycles. The summed E-state index contributed by atoms with van der Waals surface area (Å²) in [6.07, 6.45) is 0. The normalized spacial score (nSPS) is 10.6. The first-order valence-electron chi connectivity index (χ1n) is 10.7. The second-order valence-electron chi connectivity index (χ2n) is 7.60. The fourth-order valence-electron chi connectivity index (χ4n) is 3.63. The highest BCUT2D eigenvalue weighted by atomic mass is 16.6. The minimum atomic E-state index is -0.493. The molecule has 0 aliphatic carbocycles. The molecule has 0 radical (unpaired) electrons. The molecule has 11 heteroatoms. The molecule has 1 amide bonds. The van der Waals surface area contributed by atoms with Gasteiger partial charge in [0.1, 0.15) is 0 Å². The second kappa shape index (κ2) is 10.1. The minimum Gasteiger partial charge on any atom is -0.493 e. The molecular formula is C25H22N4O7. The van der Waals surface area contributed by atoms with E-state index in [-0.39, 0.29) is 23.0 Å². The number of nitro benzene ring substituents is 1. The van der Waals surface area contributed by atoms with Crippen molar-refractivity contribution in [3.05, 3.63) is 75.8 Å². The molecule has 0 aliphatic heterocycles. The molecule has 0 fully saturated rings. The van der Waals surface area contributed by atoms with E-state index in [0.717, 1.165) is 0 Å². The monoisotopic (exact) mass is 490 g/mol. The van der Waals surface area contributed by atoms with Crippen LogP contribution in [0.2, 0.25) is 0 Å². The number of para-hydroxylation sites is 1. The highest BCUT2D eigenvalue weighted by Gasteiger charge is 2.20. The van der Waals surface area contributed by atoms with E-state index in [0.29, 0.717) is 39.6 Å². The van der Waals surface area contributed by atoms with Crippen LogP contribution in [0.25, 0.3) is 22.8 Å². The van der Waals surface area contributed by atoms with Crippen molar-refractivity contribution in [2.75, 3.05) is 26.6 Å². The number of ether oxygens (including phenoxy) is 3. The number of hydrogen-bond acceptors (Lipinski definition) is 9. The number of aromatic nitrogens is 2. The van der Waals surface area contributed by atoms with Crippen LogP contribution in [-0.2, 0) is 0 Å². The first kappa shape index (κ1) is 24.2. The standard InChI is InChI=1S/C25H22N4O7/c1-14-11-15(9-10-19(14)29(31)32)24(30)26-18-8-6-5-7-17(18)25-27-23(28-36-25)16-12-20(33-2)22(35-4)21(13-16)34-3/h5-13H,1-4H3,(H,26,30). The lowest BCUT2D eigenvalue weighted by atomic mass is 10.1. The predicted molar refractivity (Wildman–Crippen MR) is 131 cm³/mol. The lowest BCUT2D eigenvalue weighted by Crippen LogP contribution is -2.13. The highest BCUT2D eigenvalue weighted by Crippen LogP contribution is 2.41. The van der Waals surface area contributed by atoms with Crippen molar-refractivity contribution in [2.45, 2.75) is 6.92 Å². The molecule has 1 heterocycles. The molecule has 0 unspecified atom stereocenters. The van der Waals surface area contributed by atoms with Gasteiger partial charge >= 0.3 is 0 Å². The van der Waals surface area contributed by atoms with Gasteiger partial charge in [-0.1, -0.05) is 17.3 Å². The predicted octanol–water partition coefficient (Wildman–Crippen LogP) is 4.90. The van der Waals surface area contributed by atoms with Crippen molar-refractivity contribution in [3.8, 4) is 40.1 Å². The number of benzene rings is 3. The number of anilines is 1. The second-order valence-corrected chi connectivity index (χ2v) is 7.60. The van der Waals surface area contributed by atoms with E-state index in [1.54, 1.807) is 43.3 Å². The van der Waals surface area contributed by atoms with Gasteiger partial charge in [-0.2, -0.15) is 4.98 Å². The summed E-state index contributed by atoms with van der Waals surface area (Å²) in [4.78, 5) is 27.9. The Labute approximate surface area is 205 Å². The summed E-state index contributed by atoms with van der Waals surface area (Å²) in [5, 5.41) is 17.9. The number of aryl methyl sites for hydroxylation is 1. The smallest absolute Gasteiger partial charge is 0.272 e. The van der Waals surface area contributed by atoms with Crippen LogP contribution in [0.15, 0.2) is 59.1 Å². The Morgan fingerprint density at radius 3 is 2.31 bits per heavy atom. The molecule has 0 aliphatic rings.